The fourth-order valence-corrected chi connectivity index (χ4v) is 2.85. The predicted octanol–water partition coefficient (Wildman–Crippen LogP) is 1.91. The van der Waals surface area contributed by atoms with Gasteiger partial charge in [-0.2, -0.15) is 0 Å². The van der Waals surface area contributed by atoms with E-state index >= 15 is 0 Å². The molecule has 1 aromatic carbocycles. The molecule has 128 valence electrons. The second-order valence-electron chi connectivity index (χ2n) is 5.67. The van der Waals surface area contributed by atoms with Crippen molar-refractivity contribution in [1.29, 1.82) is 0 Å². The van der Waals surface area contributed by atoms with E-state index in [1.165, 1.54) is 0 Å². The number of rotatable bonds is 4. The van der Waals surface area contributed by atoms with Gasteiger partial charge in [-0.3, -0.25) is 20.3 Å². The van der Waals surface area contributed by atoms with Crippen LogP contribution in [0, 0.1) is 11.8 Å². The van der Waals surface area contributed by atoms with Gasteiger partial charge in [0.25, 0.3) is 5.11 Å². The molecule has 0 aliphatic carbocycles. The summed E-state index contributed by atoms with van der Waals surface area (Å²) in [6.45, 7) is 5.52. The molecule has 3 rings (SSSR count). The van der Waals surface area contributed by atoms with Crippen LogP contribution >= 0.6 is 12.2 Å². The summed E-state index contributed by atoms with van der Waals surface area (Å²) in [5.41, 5.74) is 7.72. The summed E-state index contributed by atoms with van der Waals surface area (Å²) in [6, 6.07) is 5.92. The number of hydrazine groups is 1. The van der Waals surface area contributed by atoms with Crippen LogP contribution in [0.5, 0.6) is 5.88 Å². The normalized spacial score (nSPS) is 15.4. The van der Waals surface area contributed by atoms with Gasteiger partial charge in [0, 0.05) is 23.7 Å². The quantitative estimate of drug-likeness (QED) is 0.441. The minimum Gasteiger partial charge on any atom is -0.493 e. The Morgan fingerprint density at radius 1 is 1.42 bits per heavy atom. The lowest BCUT2D eigenvalue weighted by Gasteiger charge is -2.27. The number of nitrogens with zero attached hydrogens (tertiary/aromatic N) is 3. The van der Waals surface area contributed by atoms with Crippen LogP contribution in [0.25, 0.3) is 10.9 Å². The molecule has 2 heterocycles. The first kappa shape index (κ1) is 16.6. The first-order chi connectivity index (χ1) is 11.6. The van der Waals surface area contributed by atoms with E-state index in [0.29, 0.717) is 25.6 Å². The SMILES string of the molecule is Cc1ccc2c(c1)c(NNC(=S)N=O)c(O)n2CN1CCOCC1. The number of benzene rings is 1. The van der Waals surface area contributed by atoms with E-state index in [1.807, 2.05) is 29.7 Å². The van der Waals surface area contributed by atoms with Gasteiger partial charge in [0.1, 0.15) is 5.69 Å². The molecule has 8 nitrogen and oxygen atoms in total. The molecular formula is C15H19N5O3S. The van der Waals surface area contributed by atoms with Crippen molar-refractivity contribution in [3.63, 3.8) is 0 Å². The molecule has 1 aliphatic heterocycles. The Labute approximate surface area is 144 Å². The number of nitroso groups, excluding NO2 is 1. The molecule has 9 heteroatoms. The summed E-state index contributed by atoms with van der Waals surface area (Å²) in [5.74, 6) is 0.0725. The number of hydrogen-bond donors (Lipinski definition) is 3. The fraction of sp³-hybridized carbons (Fsp3) is 0.400. The van der Waals surface area contributed by atoms with Crippen molar-refractivity contribution < 1.29 is 9.84 Å². The maximum absolute atomic E-state index is 10.7. The lowest BCUT2D eigenvalue weighted by molar-refractivity contribution is 0.0231. The second-order valence-corrected chi connectivity index (χ2v) is 6.05. The highest BCUT2D eigenvalue weighted by Crippen LogP contribution is 2.36. The van der Waals surface area contributed by atoms with Crippen molar-refractivity contribution in [2.45, 2.75) is 13.6 Å². The molecule has 1 fully saturated rings. The molecule has 3 N–H and O–H groups in total. The number of hydrogen-bond acceptors (Lipinski definition) is 6. The molecular weight excluding hydrogens is 330 g/mol. The number of morpholine rings is 1. The summed E-state index contributed by atoms with van der Waals surface area (Å²) in [6.07, 6.45) is 0. The zero-order chi connectivity index (χ0) is 17.1. The molecule has 0 unspecified atom stereocenters. The maximum atomic E-state index is 10.7. The lowest BCUT2D eigenvalue weighted by Crippen LogP contribution is -2.37. The van der Waals surface area contributed by atoms with Gasteiger partial charge in [0.15, 0.2) is 0 Å². The number of aromatic nitrogens is 1. The number of aromatic hydroxyl groups is 1. The second kappa shape index (κ2) is 7.12. The highest BCUT2D eigenvalue weighted by atomic mass is 32.1. The van der Waals surface area contributed by atoms with Crippen molar-refractivity contribution >= 4 is 33.9 Å². The molecule has 0 spiro atoms. The Morgan fingerprint density at radius 2 is 2.17 bits per heavy atom. The van der Waals surface area contributed by atoms with E-state index in [0.717, 1.165) is 29.6 Å². The third-order valence-electron chi connectivity index (χ3n) is 4.01. The largest absolute Gasteiger partial charge is 0.493 e. The number of thiocarbonyl (C=S) groups is 1. The maximum Gasteiger partial charge on any atom is 0.254 e. The molecule has 2 aromatic rings. The average molecular weight is 349 g/mol. The van der Waals surface area contributed by atoms with Crippen molar-refractivity contribution in [2.24, 2.45) is 5.18 Å². The highest BCUT2D eigenvalue weighted by Gasteiger charge is 2.20. The van der Waals surface area contributed by atoms with Gasteiger partial charge in [-0.1, -0.05) is 11.6 Å². The Hall–Kier alpha value is -2.23. The van der Waals surface area contributed by atoms with Crippen LogP contribution in [-0.2, 0) is 11.4 Å². The monoisotopic (exact) mass is 349 g/mol. The zero-order valence-corrected chi connectivity index (χ0v) is 14.1. The van der Waals surface area contributed by atoms with Gasteiger partial charge >= 0.3 is 0 Å². The van der Waals surface area contributed by atoms with Crippen molar-refractivity contribution in [3.05, 3.63) is 28.7 Å². The van der Waals surface area contributed by atoms with Gasteiger partial charge in [0.05, 0.1) is 25.4 Å². The van der Waals surface area contributed by atoms with Crippen LogP contribution in [0.3, 0.4) is 0 Å². The van der Waals surface area contributed by atoms with Crippen LogP contribution in [0.1, 0.15) is 5.56 Å². The Bertz CT molecular complexity index is 770. The van der Waals surface area contributed by atoms with Gasteiger partial charge in [-0.25, -0.2) is 0 Å². The van der Waals surface area contributed by atoms with E-state index in [1.54, 1.807) is 0 Å². The number of aryl methyl sites for hydroxylation is 1. The van der Waals surface area contributed by atoms with Gasteiger partial charge in [-0.15, -0.1) is 4.91 Å². The van der Waals surface area contributed by atoms with E-state index in [9.17, 15) is 10.0 Å². The zero-order valence-electron chi connectivity index (χ0n) is 13.3. The molecule has 1 aromatic heterocycles. The average Bonchev–Trinajstić information content (AvgIpc) is 2.85. The Kier molecular flexibility index (Phi) is 4.93. The first-order valence-corrected chi connectivity index (χ1v) is 8.02. The highest BCUT2D eigenvalue weighted by molar-refractivity contribution is 7.80. The van der Waals surface area contributed by atoms with Crippen LogP contribution in [0.15, 0.2) is 23.4 Å². The molecule has 0 bridgehead atoms. The topological polar surface area (TPSA) is 91.1 Å². The minimum atomic E-state index is -0.226. The van der Waals surface area contributed by atoms with E-state index < -0.39 is 0 Å². The Balaban J connectivity index is 1.96. The summed E-state index contributed by atoms with van der Waals surface area (Å²) in [7, 11) is 0. The number of nitrogens with one attached hydrogen (secondary N) is 2. The fourth-order valence-electron chi connectivity index (χ4n) is 2.80. The van der Waals surface area contributed by atoms with Gasteiger partial charge < -0.3 is 9.84 Å². The van der Waals surface area contributed by atoms with Gasteiger partial charge in [-0.05, 0) is 31.3 Å². The smallest absolute Gasteiger partial charge is 0.254 e. The third kappa shape index (κ3) is 3.32. The molecule has 1 saturated heterocycles. The molecule has 0 saturated carbocycles. The standard InChI is InChI=1S/C15H19N5O3S/c1-10-2-3-12-11(8-10)13(16-17-15(24)18-22)14(21)20(12)9-19-4-6-23-7-5-19/h2-3,8,16,21H,4-7,9H2,1H3,(H,17,24). The first-order valence-electron chi connectivity index (χ1n) is 7.61. The number of ether oxygens (including phenoxy) is 1. The number of fused-ring (bicyclic) bond motifs is 1. The van der Waals surface area contributed by atoms with E-state index in [4.69, 9.17) is 17.0 Å². The van der Waals surface area contributed by atoms with Crippen molar-refractivity contribution in [2.75, 3.05) is 31.7 Å². The third-order valence-corrected chi connectivity index (χ3v) is 4.19. The minimum absolute atomic E-state index is 0.0725. The van der Waals surface area contributed by atoms with Crippen LogP contribution < -0.4 is 10.9 Å². The number of anilines is 1. The van der Waals surface area contributed by atoms with Crippen LogP contribution in [0.4, 0.5) is 5.69 Å². The summed E-state index contributed by atoms with van der Waals surface area (Å²) in [4.78, 5) is 12.6. The van der Waals surface area contributed by atoms with Crippen molar-refractivity contribution in [3.8, 4) is 5.88 Å². The summed E-state index contributed by atoms with van der Waals surface area (Å²) in [5, 5.41) is 13.9. The summed E-state index contributed by atoms with van der Waals surface area (Å²) >= 11 is 4.72. The Morgan fingerprint density at radius 3 is 2.88 bits per heavy atom. The van der Waals surface area contributed by atoms with Gasteiger partial charge in [0.2, 0.25) is 5.88 Å². The molecule has 0 amide bonds. The summed E-state index contributed by atoms with van der Waals surface area (Å²) < 4.78 is 7.18. The molecule has 0 atom stereocenters. The van der Waals surface area contributed by atoms with Crippen LogP contribution in [0.2, 0.25) is 0 Å². The van der Waals surface area contributed by atoms with Crippen molar-refractivity contribution in [1.82, 2.24) is 14.9 Å². The lowest BCUT2D eigenvalue weighted by atomic mass is 10.1. The van der Waals surface area contributed by atoms with E-state index in [-0.39, 0.29) is 11.0 Å². The van der Waals surface area contributed by atoms with Crippen LogP contribution in [-0.4, -0.2) is 46.0 Å². The predicted molar refractivity (Wildman–Crippen MR) is 95.9 cm³/mol. The van der Waals surface area contributed by atoms with E-state index in [2.05, 4.69) is 20.9 Å². The molecule has 0 radical (unpaired) electrons. The molecule has 24 heavy (non-hydrogen) atoms. The molecule has 1 aliphatic rings.